The van der Waals surface area contributed by atoms with Gasteiger partial charge in [-0.25, -0.2) is 0 Å². The molecule has 1 amide bonds. The van der Waals surface area contributed by atoms with Gasteiger partial charge >= 0.3 is 0 Å². The van der Waals surface area contributed by atoms with Crippen LogP contribution in [0, 0.1) is 6.92 Å². The maximum atomic E-state index is 12.8. The number of nitrogens with one attached hydrogen (secondary N) is 1. The van der Waals surface area contributed by atoms with Crippen molar-refractivity contribution in [1.29, 1.82) is 0 Å². The molecule has 26 heavy (non-hydrogen) atoms. The van der Waals surface area contributed by atoms with Crippen molar-refractivity contribution >= 4 is 17.2 Å². The number of hydrogen-bond donors (Lipinski definition) is 1. The maximum Gasteiger partial charge on any atom is 0.229 e. The molecule has 0 bridgehead atoms. The Kier molecular flexibility index (Phi) is 4.93. The van der Waals surface area contributed by atoms with E-state index < -0.39 is 0 Å². The van der Waals surface area contributed by atoms with Crippen molar-refractivity contribution in [2.75, 3.05) is 6.54 Å². The van der Waals surface area contributed by atoms with Crippen LogP contribution in [0.15, 0.2) is 40.4 Å². The summed E-state index contributed by atoms with van der Waals surface area (Å²) in [6.45, 7) is 3.23. The average Bonchev–Trinajstić information content (AvgIpc) is 3.37. The summed E-state index contributed by atoms with van der Waals surface area (Å²) in [6, 6.07) is 8.26. The van der Waals surface area contributed by atoms with Gasteiger partial charge in [-0.15, -0.1) is 11.3 Å². The van der Waals surface area contributed by atoms with E-state index in [0.717, 1.165) is 42.8 Å². The molecule has 0 spiro atoms. The number of fused-ring (bicyclic) bond motifs is 1. The molecule has 1 atom stereocenters. The minimum absolute atomic E-state index is 0.0786. The van der Waals surface area contributed by atoms with E-state index in [1.807, 2.05) is 19.1 Å². The first kappa shape index (κ1) is 17.1. The molecule has 1 unspecified atom stereocenters. The molecule has 3 aromatic heterocycles. The number of thiophene rings is 1. The molecule has 1 N–H and O–H groups in total. The maximum absolute atomic E-state index is 12.8. The summed E-state index contributed by atoms with van der Waals surface area (Å²) in [4.78, 5) is 14.1. The molecule has 1 aliphatic carbocycles. The standard InChI is InChI=1S/C20H23N3O2S/c1-14-12-16(22-25-14)13-23-10-8-15-4-2-6-18(19(15)23)20(24)21-9-7-17-5-3-11-26-17/h3,5,8,10-12,18H,2,4,6-7,9,13H2,1H3,(H,21,24). The molecule has 0 aromatic carbocycles. The van der Waals surface area contributed by atoms with Gasteiger partial charge in [0, 0.05) is 29.4 Å². The third-order valence-corrected chi connectivity index (χ3v) is 5.88. The summed E-state index contributed by atoms with van der Waals surface area (Å²) in [7, 11) is 0. The first-order valence-electron chi connectivity index (χ1n) is 9.11. The van der Waals surface area contributed by atoms with Crippen molar-refractivity contribution in [3.63, 3.8) is 0 Å². The molecule has 0 radical (unpaired) electrons. The van der Waals surface area contributed by atoms with Gasteiger partial charge in [0.2, 0.25) is 5.91 Å². The van der Waals surface area contributed by atoms with E-state index >= 15 is 0 Å². The first-order valence-corrected chi connectivity index (χ1v) is 9.99. The summed E-state index contributed by atoms with van der Waals surface area (Å²) in [5, 5.41) is 9.30. The lowest BCUT2D eigenvalue weighted by Crippen LogP contribution is -2.33. The number of carbonyl (C=O) groups excluding carboxylic acids is 1. The fraction of sp³-hybridized carbons (Fsp3) is 0.400. The molecular weight excluding hydrogens is 346 g/mol. The number of hydrogen-bond acceptors (Lipinski definition) is 4. The largest absolute Gasteiger partial charge is 0.361 e. The van der Waals surface area contributed by atoms with Crippen molar-refractivity contribution in [3.8, 4) is 0 Å². The van der Waals surface area contributed by atoms with Crippen LogP contribution in [0.25, 0.3) is 0 Å². The summed E-state index contributed by atoms with van der Waals surface area (Å²) in [5.74, 6) is 0.868. The lowest BCUT2D eigenvalue weighted by molar-refractivity contribution is -0.123. The number of rotatable bonds is 6. The summed E-state index contributed by atoms with van der Waals surface area (Å²) >= 11 is 1.73. The van der Waals surface area contributed by atoms with Crippen LogP contribution < -0.4 is 5.32 Å². The predicted octanol–water partition coefficient (Wildman–Crippen LogP) is 3.67. The van der Waals surface area contributed by atoms with Crippen molar-refractivity contribution in [2.45, 2.75) is 45.1 Å². The number of aryl methyl sites for hydroxylation is 2. The van der Waals surface area contributed by atoms with Crippen LogP contribution in [0.2, 0.25) is 0 Å². The van der Waals surface area contributed by atoms with E-state index in [0.29, 0.717) is 13.1 Å². The molecule has 1 aliphatic rings. The Labute approximate surface area is 157 Å². The van der Waals surface area contributed by atoms with E-state index in [-0.39, 0.29) is 11.8 Å². The molecule has 3 aromatic rings. The summed E-state index contributed by atoms with van der Waals surface area (Å²) in [6.07, 6.45) is 5.97. The van der Waals surface area contributed by atoms with E-state index in [2.05, 4.69) is 38.8 Å². The van der Waals surface area contributed by atoms with Crippen LogP contribution in [0.5, 0.6) is 0 Å². The Bertz CT molecular complexity index is 879. The molecule has 0 saturated heterocycles. The lowest BCUT2D eigenvalue weighted by Gasteiger charge is -2.24. The highest BCUT2D eigenvalue weighted by Crippen LogP contribution is 2.33. The van der Waals surface area contributed by atoms with Gasteiger partial charge in [0.15, 0.2) is 0 Å². The third-order valence-electron chi connectivity index (χ3n) is 4.94. The van der Waals surface area contributed by atoms with Gasteiger partial charge < -0.3 is 14.4 Å². The molecule has 0 fully saturated rings. The fourth-order valence-corrected chi connectivity index (χ4v) is 4.45. The van der Waals surface area contributed by atoms with Gasteiger partial charge in [0.05, 0.1) is 12.5 Å². The monoisotopic (exact) mass is 369 g/mol. The summed E-state index contributed by atoms with van der Waals surface area (Å²) < 4.78 is 7.34. The number of nitrogens with zero attached hydrogens (tertiary/aromatic N) is 2. The zero-order valence-corrected chi connectivity index (χ0v) is 15.7. The van der Waals surface area contributed by atoms with Gasteiger partial charge in [-0.2, -0.15) is 0 Å². The Balaban J connectivity index is 1.46. The second kappa shape index (κ2) is 7.50. The Morgan fingerprint density at radius 2 is 2.38 bits per heavy atom. The molecule has 3 heterocycles. The predicted molar refractivity (Wildman–Crippen MR) is 101 cm³/mol. The molecular formula is C20H23N3O2S. The second-order valence-electron chi connectivity index (χ2n) is 6.85. The van der Waals surface area contributed by atoms with Gasteiger partial charge in [0.25, 0.3) is 0 Å². The number of amides is 1. The minimum atomic E-state index is -0.0786. The molecule has 6 heteroatoms. The van der Waals surface area contributed by atoms with Gasteiger partial charge in [-0.3, -0.25) is 4.79 Å². The minimum Gasteiger partial charge on any atom is -0.361 e. The van der Waals surface area contributed by atoms with Crippen molar-refractivity contribution in [2.24, 2.45) is 0 Å². The average molecular weight is 369 g/mol. The van der Waals surface area contributed by atoms with Crippen LogP contribution in [0.3, 0.4) is 0 Å². The van der Waals surface area contributed by atoms with E-state index in [4.69, 9.17) is 4.52 Å². The van der Waals surface area contributed by atoms with Crippen molar-refractivity contribution < 1.29 is 9.32 Å². The van der Waals surface area contributed by atoms with Crippen LogP contribution in [-0.4, -0.2) is 22.2 Å². The number of carbonyl (C=O) groups is 1. The van der Waals surface area contributed by atoms with Crippen LogP contribution in [-0.2, 0) is 24.2 Å². The topological polar surface area (TPSA) is 60.1 Å². The van der Waals surface area contributed by atoms with Crippen LogP contribution in [0.1, 0.15) is 46.3 Å². The quantitative estimate of drug-likeness (QED) is 0.721. The first-order chi connectivity index (χ1) is 12.7. The van der Waals surface area contributed by atoms with Gasteiger partial charge in [-0.05, 0) is 55.7 Å². The highest BCUT2D eigenvalue weighted by atomic mass is 32.1. The summed E-state index contributed by atoms with van der Waals surface area (Å²) in [5.41, 5.74) is 3.32. The van der Waals surface area contributed by atoms with Crippen molar-refractivity contribution in [3.05, 3.63) is 63.4 Å². The zero-order chi connectivity index (χ0) is 17.9. The van der Waals surface area contributed by atoms with E-state index in [9.17, 15) is 4.79 Å². The highest BCUT2D eigenvalue weighted by molar-refractivity contribution is 7.09. The van der Waals surface area contributed by atoms with E-state index in [1.165, 1.54) is 10.4 Å². The SMILES string of the molecule is Cc1cc(Cn2ccc3c2C(C(=O)NCCc2cccs2)CCC3)no1. The third kappa shape index (κ3) is 3.60. The molecule has 4 rings (SSSR count). The van der Waals surface area contributed by atoms with Crippen LogP contribution >= 0.6 is 11.3 Å². The molecule has 0 aliphatic heterocycles. The Morgan fingerprint density at radius 3 is 3.15 bits per heavy atom. The zero-order valence-electron chi connectivity index (χ0n) is 14.9. The lowest BCUT2D eigenvalue weighted by atomic mass is 9.87. The van der Waals surface area contributed by atoms with Gasteiger partial charge in [-0.1, -0.05) is 11.2 Å². The smallest absolute Gasteiger partial charge is 0.229 e. The molecule has 136 valence electrons. The Hall–Kier alpha value is -2.34. The molecule has 0 saturated carbocycles. The van der Waals surface area contributed by atoms with E-state index in [1.54, 1.807) is 11.3 Å². The molecule has 5 nitrogen and oxygen atoms in total. The number of aromatic nitrogens is 2. The second-order valence-corrected chi connectivity index (χ2v) is 7.88. The van der Waals surface area contributed by atoms with Crippen LogP contribution in [0.4, 0.5) is 0 Å². The Morgan fingerprint density at radius 1 is 1.46 bits per heavy atom. The van der Waals surface area contributed by atoms with Crippen molar-refractivity contribution in [1.82, 2.24) is 15.0 Å². The highest BCUT2D eigenvalue weighted by Gasteiger charge is 2.29. The van der Waals surface area contributed by atoms with Gasteiger partial charge in [0.1, 0.15) is 11.5 Å². The fourth-order valence-electron chi connectivity index (χ4n) is 3.75. The normalized spacial score (nSPS) is 16.4.